The van der Waals surface area contributed by atoms with Crippen molar-refractivity contribution in [1.82, 2.24) is 5.32 Å². The standard InChI is InChI=1S/C17H23BrF3NO2/c1-10(2)9-14(16(23)24-11(3)4)22-15(17(19,20)21)12-5-7-13(18)8-6-12/h5-8,10-11,14-15,22H,9H2,1-4H3/t14-,15+/m1/s1. The Morgan fingerprint density at radius 3 is 2.12 bits per heavy atom. The van der Waals surface area contributed by atoms with Gasteiger partial charge in [0.15, 0.2) is 0 Å². The number of carbonyl (C=O) groups excluding carboxylic acids is 1. The molecule has 0 aliphatic carbocycles. The number of carbonyl (C=O) groups is 1. The van der Waals surface area contributed by atoms with Crippen LogP contribution >= 0.6 is 15.9 Å². The third-order valence-electron chi connectivity index (χ3n) is 3.24. The molecule has 1 N–H and O–H groups in total. The number of alkyl halides is 3. The summed E-state index contributed by atoms with van der Waals surface area (Å²) in [6.45, 7) is 7.03. The van der Waals surface area contributed by atoms with Crippen LogP contribution in [0.25, 0.3) is 0 Å². The first-order valence-corrected chi connectivity index (χ1v) is 8.58. The van der Waals surface area contributed by atoms with Crippen LogP contribution in [-0.2, 0) is 9.53 Å². The fourth-order valence-corrected chi connectivity index (χ4v) is 2.52. The van der Waals surface area contributed by atoms with Crippen molar-refractivity contribution < 1.29 is 22.7 Å². The molecule has 0 aliphatic rings. The number of halogens is 4. The molecule has 0 saturated heterocycles. The fourth-order valence-electron chi connectivity index (χ4n) is 2.25. The number of rotatable bonds is 7. The molecule has 0 bridgehead atoms. The Kier molecular flexibility index (Phi) is 7.73. The Morgan fingerprint density at radius 1 is 1.17 bits per heavy atom. The average Bonchev–Trinajstić information content (AvgIpc) is 2.42. The summed E-state index contributed by atoms with van der Waals surface area (Å²) < 4.78 is 46.3. The maximum absolute atomic E-state index is 13.5. The van der Waals surface area contributed by atoms with Gasteiger partial charge in [-0.1, -0.05) is 41.9 Å². The Balaban J connectivity index is 3.07. The maximum Gasteiger partial charge on any atom is 0.407 e. The Labute approximate surface area is 149 Å². The molecule has 0 aliphatic heterocycles. The predicted octanol–water partition coefficient (Wildman–Crippen LogP) is 5.01. The van der Waals surface area contributed by atoms with E-state index in [1.807, 2.05) is 13.8 Å². The third kappa shape index (κ3) is 6.81. The summed E-state index contributed by atoms with van der Waals surface area (Å²) in [6, 6.07) is 2.89. The first kappa shape index (κ1) is 21.0. The molecular formula is C17H23BrF3NO2. The van der Waals surface area contributed by atoms with Crippen molar-refractivity contribution in [3.05, 3.63) is 34.3 Å². The highest BCUT2D eigenvalue weighted by molar-refractivity contribution is 9.10. The predicted molar refractivity (Wildman–Crippen MR) is 90.5 cm³/mol. The topological polar surface area (TPSA) is 38.3 Å². The van der Waals surface area contributed by atoms with E-state index < -0.39 is 24.2 Å². The van der Waals surface area contributed by atoms with Crippen molar-refractivity contribution in [1.29, 1.82) is 0 Å². The zero-order valence-electron chi connectivity index (χ0n) is 14.2. The van der Waals surface area contributed by atoms with Crippen LogP contribution in [0, 0.1) is 5.92 Å². The van der Waals surface area contributed by atoms with Crippen LogP contribution in [0.3, 0.4) is 0 Å². The molecule has 24 heavy (non-hydrogen) atoms. The lowest BCUT2D eigenvalue weighted by molar-refractivity contribution is -0.166. The molecule has 0 unspecified atom stereocenters. The minimum absolute atomic E-state index is 0.0426. The number of ether oxygens (including phenoxy) is 1. The lowest BCUT2D eigenvalue weighted by atomic mass is 10.00. The molecule has 136 valence electrons. The summed E-state index contributed by atoms with van der Waals surface area (Å²) in [5.74, 6) is -0.619. The molecular weight excluding hydrogens is 387 g/mol. The average molecular weight is 410 g/mol. The quantitative estimate of drug-likeness (QED) is 0.643. The second-order valence-electron chi connectivity index (χ2n) is 6.36. The molecule has 0 spiro atoms. The zero-order valence-corrected chi connectivity index (χ0v) is 15.7. The number of esters is 1. The molecule has 3 nitrogen and oxygen atoms in total. The van der Waals surface area contributed by atoms with Gasteiger partial charge in [0.2, 0.25) is 0 Å². The van der Waals surface area contributed by atoms with Crippen molar-refractivity contribution in [2.75, 3.05) is 0 Å². The second-order valence-corrected chi connectivity index (χ2v) is 7.28. The van der Waals surface area contributed by atoms with Crippen LogP contribution in [0.4, 0.5) is 13.2 Å². The lowest BCUT2D eigenvalue weighted by Crippen LogP contribution is -2.46. The molecule has 2 atom stereocenters. The summed E-state index contributed by atoms with van der Waals surface area (Å²) in [5, 5.41) is 2.45. The minimum atomic E-state index is -4.53. The fraction of sp³-hybridized carbons (Fsp3) is 0.588. The summed E-state index contributed by atoms with van der Waals surface area (Å²) in [4.78, 5) is 12.2. The van der Waals surface area contributed by atoms with Crippen molar-refractivity contribution in [2.24, 2.45) is 5.92 Å². The normalized spacial score (nSPS) is 14.8. The highest BCUT2D eigenvalue weighted by atomic mass is 79.9. The van der Waals surface area contributed by atoms with Gasteiger partial charge in [0.05, 0.1) is 6.10 Å². The van der Waals surface area contributed by atoms with Gasteiger partial charge < -0.3 is 4.74 Å². The van der Waals surface area contributed by atoms with Gasteiger partial charge in [-0.2, -0.15) is 13.2 Å². The van der Waals surface area contributed by atoms with Crippen LogP contribution < -0.4 is 5.32 Å². The van der Waals surface area contributed by atoms with Gasteiger partial charge >= 0.3 is 12.1 Å². The molecule has 1 rings (SSSR count). The summed E-state index contributed by atoms with van der Waals surface area (Å²) in [6.07, 6.45) is -4.65. The summed E-state index contributed by atoms with van der Waals surface area (Å²) in [7, 11) is 0. The molecule has 1 aromatic rings. The number of nitrogens with one attached hydrogen (secondary N) is 1. The van der Waals surface area contributed by atoms with E-state index >= 15 is 0 Å². The molecule has 0 heterocycles. The number of hydrogen-bond acceptors (Lipinski definition) is 3. The van der Waals surface area contributed by atoms with Crippen molar-refractivity contribution in [3.8, 4) is 0 Å². The second kappa shape index (κ2) is 8.85. The highest BCUT2D eigenvalue weighted by Crippen LogP contribution is 2.34. The van der Waals surface area contributed by atoms with Crippen LogP contribution in [0.5, 0.6) is 0 Å². The number of hydrogen-bond donors (Lipinski definition) is 1. The first-order valence-electron chi connectivity index (χ1n) is 7.79. The van der Waals surface area contributed by atoms with Crippen LogP contribution in [0.15, 0.2) is 28.7 Å². The van der Waals surface area contributed by atoms with Gasteiger partial charge in [0.1, 0.15) is 12.1 Å². The van der Waals surface area contributed by atoms with Gasteiger partial charge in [-0.05, 0) is 43.9 Å². The van der Waals surface area contributed by atoms with Gasteiger partial charge in [-0.25, -0.2) is 0 Å². The lowest BCUT2D eigenvalue weighted by Gasteiger charge is -2.28. The SMILES string of the molecule is CC(C)C[C@@H](N[C@@H](c1ccc(Br)cc1)C(F)(F)F)C(=O)OC(C)C. The molecule has 0 aromatic heterocycles. The van der Waals surface area contributed by atoms with E-state index in [9.17, 15) is 18.0 Å². The maximum atomic E-state index is 13.5. The molecule has 0 saturated carbocycles. The Hall–Kier alpha value is -1.08. The Bertz CT molecular complexity index is 530. The summed E-state index contributed by atoms with van der Waals surface area (Å²) >= 11 is 3.20. The van der Waals surface area contributed by atoms with Gasteiger partial charge in [0, 0.05) is 4.47 Å². The highest BCUT2D eigenvalue weighted by Gasteiger charge is 2.43. The van der Waals surface area contributed by atoms with Crippen molar-refractivity contribution in [2.45, 2.75) is 58.5 Å². The monoisotopic (exact) mass is 409 g/mol. The number of benzene rings is 1. The van der Waals surface area contributed by atoms with E-state index in [0.717, 1.165) is 0 Å². The van der Waals surface area contributed by atoms with E-state index in [1.165, 1.54) is 12.1 Å². The van der Waals surface area contributed by atoms with E-state index in [2.05, 4.69) is 21.2 Å². The molecule has 0 radical (unpaired) electrons. The third-order valence-corrected chi connectivity index (χ3v) is 3.77. The Morgan fingerprint density at radius 2 is 1.71 bits per heavy atom. The minimum Gasteiger partial charge on any atom is -0.462 e. The molecule has 1 aromatic carbocycles. The first-order chi connectivity index (χ1) is 11.0. The molecule has 0 fully saturated rings. The molecule has 7 heteroatoms. The zero-order chi connectivity index (χ0) is 18.5. The van der Waals surface area contributed by atoms with Crippen LogP contribution in [0.2, 0.25) is 0 Å². The van der Waals surface area contributed by atoms with E-state index in [4.69, 9.17) is 4.74 Å². The van der Waals surface area contributed by atoms with Crippen LogP contribution in [0.1, 0.15) is 45.7 Å². The van der Waals surface area contributed by atoms with Crippen molar-refractivity contribution >= 4 is 21.9 Å². The largest absolute Gasteiger partial charge is 0.462 e. The smallest absolute Gasteiger partial charge is 0.407 e. The van der Waals surface area contributed by atoms with E-state index in [-0.39, 0.29) is 24.0 Å². The van der Waals surface area contributed by atoms with Crippen LogP contribution in [-0.4, -0.2) is 24.3 Å². The summed E-state index contributed by atoms with van der Waals surface area (Å²) in [5.41, 5.74) is 0.0526. The van der Waals surface area contributed by atoms with E-state index in [1.54, 1.807) is 26.0 Å². The molecule has 0 amide bonds. The van der Waals surface area contributed by atoms with Gasteiger partial charge in [-0.3, -0.25) is 10.1 Å². The van der Waals surface area contributed by atoms with E-state index in [0.29, 0.717) is 4.47 Å². The van der Waals surface area contributed by atoms with Gasteiger partial charge in [0.25, 0.3) is 0 Å². The van der Waals surface area contributed by atoms with Crippen molar-refractivity contribution in [3.63, 3.8) is 0 Å². The van der Waals surface area contributed by atoms with Gasteiger partial charge in [-0.15, -0.1) is 0 Å².